The highest BCUT2D eigenvalue weighted by molar-refractivity contribution is 5.85. The number of allylic oxidation sites excluding steroid dienone is 14. The van der Waals surface area contributed by atoms with Gasteiger partial charge in [0.15, 0.2) is 0 Å². The van der Waals surface area contributed by atoms with Gasteiger partial charge in [0.25, 0.3) is 0 Å². The fourth-order valence-electron chi connectivity index (χ4n) is 9.06. The van der Waals surface area contributed by atoms with Crippen LogP contribution in [0.1, 0.15) is 65.4 Å². The van der Waals surface area contributed by atoms with Crippen molar-refractivity contribution in [1.82, 2.24) is 0 Å². The van der Waals surface area contributed by atoms with Gasteiger partial charge in [-0.05, 0) is 54.5 Å². The van der Waals surface area contributed by atoms with E-state index in [0.29, 0.717) is 23.7 Å². The van der Waals surface area contributed by atoms with Gasteiger partial charge < -0.3 is 9.73 Å². The molecule has 0 saturated carbocycles. The SMILES string of the molecule is C1=CC2C3=C(CCC=C3)C3(c4cc(NC5=CCCc6oc7c(c65)C=CCC7)ccc4C4C=CC=CC43)C2C=C1. The number of nitrogens with one attached hydrogen (secondary N) is 1. The van der Waals surface area contributed by atoms with Crippen molar-refractivity contribution in [1.29, 1.82) is 0 Å². The molecule has 39 heavy (non-hydrogen) atoms. The Morgan fingerprint density at radius 2 is 1.54 bits per heavy atom. The summed E-state index contributed by atoms with van der Waals surface area (Å²) < 4.78 is 6.36. The van der Waals surface area contributed by atoms with Gasteiger partial charge in [-0.25, -0.2) is 0 Å². The standard InChI is InChI=1S/C37H33NO/c1-5-14-29-24(10-1)25-11-2-6-15-30(25)37(29)31-16-7-3-12-26(31)27-21-20-23(22-32(27)37)38-33-17-9-19-35-36(33)28-13-4-8-18-34(28)39-35/h1-5,7,10-14,16-17,20-22,24,26,29,31,38H,6,8-9,15,18-19H2. The zero-order chi connectivity index (χ0) is 25.6. The van der Waals surface area contributed by atoms with E-state index in [2.05, 4.69) is 103 Å². The molecule has 1 N–H and O–H groups in total. The van der Waals surface area contributed by atoms with Crippen molar-refractivity contribution >= 4 is 17.5 Å². The maximum absolute atomic E-state index is 6.36. The van der Waals surface area contributed by atoms with Crippen molar-refractivity contribution in [2.45, 2.75) is 49.9 Å². The van der Waals surface area contributed by atoms with Crippen LogP contribution < -0.4 is 5.32 Å². The summed E-state index contributed by atoms with van der Waals surface area (Å²) in [4.78, 5) is 0. The molecule has 192 valence electrons. The molecule has 2 aromatic rings. The molecule has 1 spiro atoms. The second-order valence-electron chi connectivity index (χ2n) is 12.1. The molecule has 7 aliphatic carbocycles. The number of anilines is 1. The maximum atomic E-state index is 6.36. The first-order valence-electron chi connectivity index (χ1n) is 14.9. The first kappa shape index (κ1) is 22.1. The fraction of sp³-hybridized carbons (Fsp3) is 0.297. The summed E-state index contributed by atoms with van der Waals surface area (Å²) >= 11 is 0. The van der Waals surface area contributed by atoms with Crippen LogP contribution >= 0.6 is 0 Å². The molecule has 1 aromatic heterocycles. The molecule has 0 fully saturated rings. The predicted molar refractivity (Wildman–Crippen MR) is 159 cm³/mol. The van der Waals surface area contributed by atoms with E-state index >= 15 is 0 Å². The average molecular weight is 508 g/mol. The van der Waals surface area contributed by atoms with Gasteiger partial charge >= 0.3 is 0 Å². The van der Waals surface area contributed by atoms with E-state index in [4.69, 9.17) is 4.42 Å². The first-order valence-corrected chi connectivity index (χ1v) is 14.9. The van der Waals surface area contributed by atoms with E-state index in [1.807, 2.05) is 0 Å². The average Bonchev–Trinajstić information content (AvgIpc) is 3.62. The van der Waals surface area contributed by atoms with Crippen LogP contribution in [-0.2, 0) is 18.3 Å². The van der Waals surface area contributed by atoms with E-state index < -0.39 is 0 Å². The molecule has 2 nitrogen and oxygen atoms in total. The van der Waals surface area contributed by atoms with Gasteiger partial charge in [-0.3, -0.25) is 0 Å². The van der Waals surface area contributed by atoms with E-state index in [1.165, 1.54) is 34.5 Å². The van der Waals surface area contributed by atoms with Crippen molar-refractivity contribution in [3.63, 3.8) is 0 Å². The Bertz CT molecular complexity index is 1660. The van der Waals surface area contributed by atoms with Crippen molar-refractivity contribution in [3.8, 4) is 0 Å². The summed E-state index contributed by atoms with van der Waals surface area (Å²) in [5.41, 5.74) is 11.3. The van der Waals surface area contributed by atoms with Crippen LogP contribution in [0.4, 0.5) is 5.69 Å². The highest BCUT2D eigenvalue weighted by Crippen LogP contribution is 2.68. The predicted octanol–water partition coefficient (Wildman–Crippen LogP) is 8.73. The van der Waals surface area contributed by atoms with Crippen LogP contribution in [0.2, 0.25) is 0 Å². The van der Waals surface area contributed by atoms with Crippen molar-refractivity contribution in [2.75, 3.05) is 5.32 Å². The summed E-state index contributed by atoms with van der Waals surface area (Å²) in [6, 6.07) is 7.26. The molecule has 0 amide bonds. The number of fused-ring (bicyclic) bond motifs is 12. The molecular formula is C37H33NO. The topological polar surface area (TPSA) is 25.2 Å². The largest absolute Gasteiger partial charge is 0.465 e. The van der Waals surface area contributed by atoms with Crippen molar-refractivity contribution in [3.05, 3.63) is 136 Å². The van der Waals surface area contributed by atoms with Crippen LogP contribution in [0.15, 0.2) is 107 Å². The smallest absolute Gasteiger partial charge is 0.114 e. The normalized spacial score (nSPS) is 32.1. The minimum absolute atomic E-state index is 0.00855. The van der Waals surface area contributed by atoms with Gasteiger partial charge in [0, 0.05) is 64.4 Å². The molecule has 0 bridgehead atoms. The van der Waals surface area contributed by atoms with Gasteiger partial charge in [-0.2, -0.15) is 0 Å². The Labute approximate surface area is 230 Å². The second kappa shape index (κ2) is 8.11. The highest BCUT2D eigenvalue weighted by atomic mass is 16.3. The third-order valence-electron chi connectivity index (χ3n) is 10.4. The van der Waals surface area contributed by atoms with Crippen LogP contribution in [0.5, 0.6) is 0 Å². The van der Waals surface area contributed by atoms with Crippen molar-refractivity contribution < 1.29 is 4.42 Å². The number of hydrogen-bond donors (Lipinski definition) is 1. The second-order valence-corrected chi connectivity index (χ2v) is 12.1. The number of rotatable bonds is 2. The number of aryl methyl sites for hydroxylation is 2. The van der Waals surface area contributed by atoms with Crippen LogP contribution in [0.3, 0.4) is 0 Å². The molecule has 0 saturated heterocycles. The van der Waals surface area contributed by atoms with Crippen molar-refractivity contribution in [2.24, 2.45) is 17.8 Å². The molecule has 1 heterocycles. The third kappa shape index (κ3) is 2.87. The van der Waals surface area contributed by atoms with E-state index in [0.717, 1.165) is 43.6 Å². The lowest BCUT2D eigenvalue weighted by atomic mass is 9.60. The summed E-state index contributed by atoms with van der Waals surface area (Å²) in [6.07, 6.45) is 37.3. The van der Waals surface area contributed by atoms with Crippen LogP contribution in [0, 0.1) is 17.8 Å². The Balaban J connectivity index is 1.20. The maximum Gasteiger partial charge on any atom is 0.114 e. The minimum atomic E-state index is 0.00855. The van der Waals surface area contributed by atoms with E-state index in [-0.39, 0.29) is 5.41 Å². The molecule has 0 radical (unpaired) electrons. The lowest BCUT2D eigenvalue weighted by Crippen LogP contribution is -2.40. The van der Waals surface area contributed by atoms with Gasteiger partial charge in [-0.15, -0.1) is 0 Å². The molecule has 1 aromatic carbocycles. The molecule has 9 rings (SSSR count). The summed E-state index contributed by atoms with van der Waals surface area (Å²) in [5, 5.41) is 3.90. The zero-order valence-corrected chi connectivity index (χ0v) is 22.2. The lowest BCUT2D eigenvalue weighted by Gasteiger charge is -2.42. The Morgan fingerprint density at radius 1 is 0.769 bits per heavy atom. The molecule has 7 aliphatic rings. The Hall–Kier alpha value is -3.78. The van der Waals surface area contributed by atoms with Crippen LogP contribution in [-0.4, -0.2) is 0 Å². The fourth-order valence-corrected chi connectivity index (χ4v) is 9.06. The number of benzene rings is 1. The summed E-state index contributed by atoms with van der Waals surface area (Å²) in [7, 11) is 0. The van der Waals surface area contributed by atoms with E-state index in [1.54, 1.807) is 16.7 Å². The molecule has 0 aliphatic heterocycles. The molecule has 5 atom stereocenters. The Morgan fingerprint density at radius 3 is 2.46 bits per heavy atom. The number of furan rings is 1. The third-order valence-corrected chi connectivity index (χ3v) is 10.4. The summed E-state index contributed by atoms with van der Waals surface area (Å²) in [5.74, 6) is 4.13. The van der Waals surface area contributed by atoms with Crippen LogP contribution in [0.25, 0.3) is 11.8 Å². The molecule has 5 unspecified atom stereocenters. The van der Waals surface area contributed by atoms with E-state index in [9.17, 15) is 0 Å². The highest BCUT2D eigenvalue weighted by Gasteiger charge is 2.61. The molecular weight excluding hydrogens is 474 g/mol. The zero-order valence-electron chi connectivity index (χ0n) is 22.2. The Kier molecular flexibility index (Phi) is 4.59. The molecule has 2 heteroatoms. The minimum Gasteiger partial charge on any atom is -0.465 e. The quantitative estimate of drug-likeness (QED) is 0.440. The van der Waals surface area contributed by atoms with Gasteiger partial charge in [0.1, 0.15) is 11.5 Å². The summed E-state index contributed by atoms with van der Waals surface area (Å²) in [6.45, 7) is 0. The number of hydrogen-bond acceptors (Lipinski definition) is 2. The lowest BCUT2D eigenvalue weighted by molar-refractivity contribution is 0.287. The van der Waals surface area contributed by atoms with Gasteiger partial charge in [0.2, 0.25) is 0 Å². The monoisotopic (exact) mass is 507 g/mol. The van der Waals surface area contributed by atoms with Gasteiger partial charge in [0.05, 0.1) is 0 Å². The first-order chi connectivity index (χ1) is 19.3. The van der Waals surface area contributed by atoms with Gasteiger partial charge in [-0.1, -0.05) is 90.6 Å².